The Kier molecular flexibility index (Phi) is 5.24. The third-order valence-corrected chi connectivity index (χ3v) is 1.51. The number of hydrogen-bond donors (Lipinski definition) is 1. The van der Waals surface area contributed by atoms with E-state index in [0.717, 1.165) is 0 Å². The molecule has 1 unspecified atom stereocenters. The topological polar surface area (TPSA) is 21.3 Å². The third kappa shape index (κ3) is 5.05. The van der Waals surface area contributed by atoms with Gasteiger partial charge in [0, 0.05) is 13.7 Å². The van der Waals surface area contributed by atoms with Crippen LogP contribution in [0.1, 0.15) is 6.92 Å². The predicted molar refractivity (Wildman–Crippen MR) is 40.3 cm³/mol. The highest BCUT2D eigenvalue weighted by atomic mass is 19.3. The highest BCUT2D eigenvalue weighted by Gasteiger charge is 2.39. The Morgan fingerprint density at radius 1 is 1.38 bits per heavy atom. The summed E-state index contributed by atoms with van der Waals surface area (Å²) < 4.78 is 52.4. The lowest BCUT2D eigenvalue weighted by atomic mass is 10.3. The number of methoxy groups -OCH3 is 1. The van der Waals surface area contributed by atoms with Gasteiger partial charge in [-0.2, -0.15) is 8.78 Å². The van der Waals surface area contributed by atoms with Crippen molar-refractivity contribution in [3.63, 3.8) is 0 Å². The first kappa shape index (κ1) is 12.6. The Hall–Kier alpha value is -0.360. The predicted octanol–water partition coefficient (Wildman–Crippen LogP) is 1.51. The van der Waals surface area contributed by atoms with Crippen LogP contribution in [0.25, 0.3) is 0 Å². The van der Waals surface area contributed by atoms with Gasteiger partial charge in [0.1, 0.15) is 0 Å². The Bertz CT molecular complexity index is 142. The van der Waals surface area contributed by atoms with Crippen LogP contribution in [0.4, 0.5) is 17.6 Å². The maximum Gasteiger partial charge on any atom is 0.319 e. The van der Waals surface area contributed by atoms with E-state index in [0.29, 0.717) is 0 Å². The average Bonchev–Trinajstić information content (AvgIpc) is 2.03. The molecule has 0 rings (SSSR count). The van der Waals surface area contributed by atoms with Gasteiger partial charge >= 0.3 is 12.3 Å². The minimum Gasteiger partial charge on any atom is -0.380 e. The fraction of sp³-hybridized carbons (Fsp3) is 1.00. The Morgan fingerprint density at radius 3 is 2.31 bits per heavy atom. The molecule has 0 aromatic rings. The molecule has 80 valence electrons. The van der Waals surface area contributed by atoms with Gasteiger partial charge in [0.05, 0.1) is 12.6 Å². The normalized spacial score (nSPS) is 15.0. The molecule has 13 heavy (non-hydrogen) atoms. The molecule has 0 fully saturated rings. The first-order chi connectivity index (χ1) is 5.90. The number of halogens is 4. The maximum absolute atomic E-state index is 12.2. The Morgan fingerprint density at radius 2 is 1.92 bits per heavy atom. The van der Waals surface area contributed by atoms with E-state index in [9.17, 15) is 17.6 Å². The summed E-state index contributed by atoms with van der Waals surface area (Å²) >= 11 is 0. The molecule has 0 amide bonds. The van der Waals surface area contributed by atoms with Crippen LogP contribution in [0.2, 0.25) is 0 Å². The zero-order valence-electron chi connectivity index (χ0n) is 7.49. The van der Waals surface area contributed by atoms with E-state index >= 15 is 0 Å². The molecule has 0 spiro atoms. The molecule has 2 nitrogen and oxygen atoms in total. The van der Waals surface area contributed by atoms with Gasteiger partial charge in [-0.1, -0.05) is 0 Å². The number of ether oxygens (including phenoxy) is 1. The van der Waals surface area contributed by atoms with E-state index in [4.69, 9.17) is 4.74 Å². The van der Waals surface area contributed by atoms with Gasteiger partial charge in [0.15, 0.2) is 0 Å². The Balaban J connectivity index is 3.63. The molecule has 1 N–H and O–H groups in total. The lowest BCUT2D eigenvalue weighted by molar-refractivity contribution is -0.125. The van der Waals surface area contributed by atoms with Crippen LogP contribution in [0.15, 0.2) is 0 Å². The molecule has 0 bridgehead atoms. The molecule has 0 heterocycles. The summed E-state index contributed by atoms with van der Waals surface area (Å²) in [6.45, 7) is 0.741. The maximum atomic E-state index is 12.2. The fourth-order valence-electron chi connectivity index (χ4n) is 0.603. The number of nitrogens with one attached hydrogen (secondary N) is 1. The van der Waals surface area contributed by atoms with Gasteiger partial charge in [0.25, 0.3) is 0 Å². The second kappa shape index (κ2) is 5.39. The number of rotatable bonds is 6. The molecule has 0 saturated carbocycles. The summed E-state index contributed by atoms with van der Waals surface area (Å²) in [6, 6.07) is 0. The number of hydrogen-bond acceptors (Lipinski definition) is 2. The number of alkyl halides is 4. The van der Waals surface area contributed by atoms with Crippen molar-refractivity contribution in [1.82, 2.24) is 5.32 Å². The molecule has 0 aliphatic carbocycles. The molecular weight excluding hydrogens is 190 g/mol. The van der Waals surface area contributed by atoms with E-state index in [1.165, 1.54) is 7.11 Å². The van der Waals surface area contributed by atoms with Crippen LogP contribution in [0.3, 0.4) is 0 Å². The summed E-state index contributed by atoms with van der Waals surface area (Å²) in [4.78, 5) is 0. The second-order valence-corrected chi connectivity index (χ2v) is 2.74. The summed E-state index contributed by atoms with van der Waals surface area (Å²) in [5.41, 5.74) is 0. The average molecular weight is 203 g/mol. The van der Waals surface area contributed by atoms with Gasteiger partial charge in [0.2, 0.25) is 0 Å². The zero-order valence-corrected chi connectivity index (χ0v) is 7.49. The van der Waals surface area contributed by atoms with Gasteiger partial charge < -0.3 is 10.1 Å². The van der Waals surface area contributed by atoms with Crippen LogP contribution >= 0.6 is 0 Å². The van der Waals surface area contributed by atoms with Gasteiger partial charge in [-0.05, 0) is 6.92 Å². The van der Waals surface area contributed by atoms with E-state index in [1.54, 1.807) is 6.92 Å². The summed E-state index contributed by atoms with van der Waals surface area (Å²) in [6.07, 6.45) is -3.90. The highest BCUT2D eigenvalue weighted by molar-refractivity contribution is 4.72. The largest absolute Gasteiger partial charge is 0.380 e. The van der Waals surface area contributed by atoms with Crippen LogP contribution in [-0.4, -0.2) is 38.7 Å². The summed E-state index contributed by atoms with van der Waals surface area (Å²) in [7, 11) is 1.41. The van der Waals surface area contributed by atoms with Crippen molar-refractivity contribution in [3.05, 3.63) is 0 Å². The van der Waals surface area contributed by atoms with E-state index in [2.05, 4.69) is 5.32 Å². The van der Waals surface area contributed by atoms with Crippen LogP contribution < -0.4 is 5.32 Å². The minimum atomic E-state index is -3.96. The Labute approximate surface area is 74.3 Å². The van der Waals surface area contributed by atoms with Crippen LogP contribution in [-0.2, 0) is 4.74 Å². The van der Waals surface area contributed by atoms with Gasteiger partial charge in [-0.3, -0.25) is 0 Å². The van der Waals surface area contributed by atoms with Crippen molar-refractivity contribution in [3.8, 4) is 0 Å². The first-order valence-corrected chi connectivity index (χ1v) is 3.79. The molecule has 0 saturated heterocycles. The molecule has 0 aliphatic rings. The highest BCUT2D eigenvalue weighted by Crippen LogP contribution is 2.21. The third-order valence-electron chi connectivity index (χ3n) is 1.51. The van der Waals surface area contributed by atoms with Crippen molar-refractivity contribution >= 4 is 0 Å². The standard InChI is InChI=1S/C7H13F4NO/c1-5(13-2)3-12-4-7(10,11)6(8)9/h5-6,12H,3-4H2,1-2H3. The quantitative estimate of drug-likeness (QED) is 0.661. The van der Waals surface area contributed by atoms with Crippen molar-refractivity contribution in [2.75, 3.05) is 20.2 Å². The fourth-order valence-corrected chi connectivity index (χ4v) is 0.603. The SMILES string of the molecule is COC(C)CNCC(F)(F)C(F)F. The molecule has 0 aromatic carbocycles. The van der Waals surface area contributed by atoms with E-state index < -0.39 is 18.9 Å². The van der Waals surface area contributed by atoms with Gasteiger partial charge in [-0.25, -0.2) is 8.78 Å². The van der Waals surface area contributed by atoms with Gasteiger partial charge in [-0.15, -0.1) is 0 Å². The lowest BCUT2D eigenvalue weighted by Crippen LogP contribution is -2.41. The lowest BCUT2D eigenvalue weighted by Gasteiger charge is -2.17. The molecule has 6 heteroatoms. The minimum absolute atomic E-state index is 0.124. The van der Waals surface area contributed by atoms with E-state index in [-0.39, 0.29) is 12.6 Å². The van der Waals surface area contributed by atoms with E-state index in [1.807, 2.05) is 0 Å². The van der Waals surface area contributed by atoms with Crippen molar-refractivity contribution < 1.29 is 22.3 Å². The molecule has 0 radical (unpaired) electrons. The second-order valence-electron chi connectivity index (χ2n) is 2.74. The summed E-state index contributed by atoms with van der Waals surface area (Å²) in [5.74, 6) is -3.96. The van der Waals surface area contributed by atoms with Crippen molar-refractivity contribution in [1.29, 1.82) is 0 Å². The molecule has 0 aromatic heterocycles. The first-order valence-electron chi connectivity index (χ1n) is 3.79. The molecule has 0 aliphatic heterocycles. The monoisotopic (exact) mass is 203 g/mol. The van der Waals surface area contributed by atoms with Crippen molar-refractivity contribution in [2.24, 2.45) is 0 Å². The molecular formula is C7H13F4NO. The smallest absolute Gasteiger partial charge is 0.319 e. The zero-order chi connectivity index (χ0) is 10.5. The summed E-state index contributed by atoms with van der Waals surface area (Å²) in [5, 5.41) is 2.20. The van der Waals surface area contributed by atoms with Crippen LogP contribution in [0.5, 0.6) is 0 Å². The van der Waals surface area contributed by atoms with Crippen molar-refractivity contribution in [2.45, 2.75) is 25.4 Å². The molecule has 1 atom stereocenters. The van der Waals surface area contributed by atoms with Crippen LogP contribution in [0, 0.1) is 0 Å².